The fourth-order valence-electron chi connectivity index (χ4n) is 2.32. The minimum atomic E-state index is -3.94. The number of anilines is 1. The maximum atomic E-state index is 13.0. The monoisotopic (exact) mass is 403 g/mol. The van der Waals surface area contributed by atoms with E-state index in [0.29, 0.717) is 5.56 Å². The van der Waals surface area contributed by atoms with E-state index < -0.39 is 21.7 Å². The van der Waals surface area contributed by atoms with Gasteiger partial charge in [-0.25, -0.2) is 17.2 Å². The summed E-state index contributed by atoms with van der Waals surface area (Å²) in [5, 5.41) is 2.62. The largest absolute Gasteiger partial charge is 0.347 e. The zero-order valence-corrected chi connectivity index (χ0v) is 15.2. The van der Waals surface area contributed by atoms with Crippen LogP contribution in [0.15, 0.2) is 71.8 Å². The van der Waals surface area contributed by atoms with Crippen molar-refractivity contribution in [1.82, 2.24) is 10.3 Å². The van der Waals surface area contributed by atoms with Gasteiger partial charge in [-0.05, 0) is 54.1 Å². The van der Waals surface area contributed by atoms with Crippen LogP contribution in [0.4, 0.5) is 14.5 Å². The highest BCUT2D eigenvalue weighted by Crippen LogP contribution is 2.17. The van der Waals surface area contributed by atoms with E-state index in [1.54, 1.807) is 0 Å². The molecule has 0 aliphatic carbocycles. The number of nitrogens with one attached hydrogen (secondary N) is 2. The van der Waals surface area contributed by atoms with Gasteiger partial charge in [0.1, 0.15) is 17.3 Å². The second kappa shape index (κ2) is 8.13. The highest BCUT2D eigenvalue weighted by molar-refractivity contribution is 7.92. The number of pyridine rings is 1. The van der Waals surface area contributed by atoms with Crippen LogP contribution in [0.25, 0.3) is 0 Å². The fraction of sp³-hybridized carbons (Fsp3) is 0.0526. The molecule has 0 bridgehead atoms. The molecule has 0 spiro atoms. The van der Waals surface area contributed by atoms with E-state index in [4.69, 9.17) is 0 Å². The number of carbonyl (C=O) groups is 1. The van der Waals surface area contributed by atoms with Crippen molar-refractivity contribution >= 4 is 21.6 Å². The van der Waals surface area contributed by atoms with Gasteiger partial charge in [-0.15, -0.1) is 0 Å². The first-order chi connectivity index (χ1) is 13.3. The lowest BCUT2D eigenvalue weighted by Gasteiger charge is -2.09. The lowest BCUT2D eigenvalue weighted by molar-refractivity contribution is 0.0946. The fourth-order valence-corrected chi connectivity index (χ4v) is 3.37. The molecule has 1 amide bonds. The summed E-state index contributed by atoms with van der Waals surface area (Å²) in [6.07, 6.45) is 1.29. The van der Waals surface area contributed by atoms with Crippen LogP contribution in [0, 0.1) is 11.6 Å². The maximum absolute atomic E-state index is 13.0. The Morgan fingerprint density at radius 3 is 2.18 bits per heavy atom. The van der Waals surface area contributed by atoms with E-state index in [1.165, 1.54) is 42.6 Å². The Balaban J connectivity index is 1.70. The van der Waals surface area contributed by atoms with E-state index >= 15 is 0 Å². The van der Waals surface area contributed by atoms with Crippen LogP contribution in [-0.4, -0.2) is 19.3 Å². The number of carbonyl (C=O) groups excluding carboxylic acids is 1. The van der Waals surface area contributed by atoms with E-state index in [0.717, 1.165) is 24.3 Å². The van der Waals surface area contributed by atoms with E-state index in [-0.39, 0.29) is 28.6 Å². The van der Waals surface area contributed by atoms with Crippen LogP contribution >= 0.6 is 0 Å². The number of benzene rings is 2. The van der Waals surface area contributed by atoms with Gasteiger partial charge in [0.05, 0.1) is 10.6 Å². The molecule has 1 heterocycles. The number of sulfonamides is 1. The van der Waals surface area contributed by atoms with Crippen LogP contribution in [-0.2, 0) is 16.6 Å². The van der Waals surface area contributed by atoms with Crippen LogP contribution in [0.3, 0.4) is 0 Å². The van der Waals surface area contributed by atoms with Gasteiger partial charge in [0.25, 0.3) is 15.9 Å². The summed E-state index contributed by atoms with van der Waals surface area (Å²) in [5.41, 5.74) is 0.829. The maximum Gasteiger partial charge on any atom is 0.270 e. The van der Waals surface area contributed by atoms with E-state index in [9.17, 15) is 22.0 Å². The summed E-state index contributed by atoms with van der Waals surface area (Å²) in [5.74, 6) is -1.45. The van der Waals surface area contributed by atoms with Gasteiger partial charge in [0.2, 0.25) is 0 Å². The molecule has 28 heavy (non-hydrogen) atoms. The van der Waals surface area contributed by atoms with Crippen molar-refractivity contribution in [1.29, 1.82) is 0 Å². The summed E-state index contributed by atoms with van der Waals surface area (Å²) >= 11 is 0. The third-order valence-corrected chi connectivity index (χ3v) is 5.13. The molecule has 3 aromatic rings. The molecule has 2 N–H and O–H groups in total. The molecule has 0 atom stereocenters. The Labute approximate surface area is 160 Å². The number of halogens is 2. The number of nitrogens with zero attached hydrogens (tertiary/aromatic N) is 1. The van der Waals surface area contributed by atoms with Crippen molar-refractivity contribution in [3.8, 4) is 0 Å². The Morgan fingerprint density at radius 2 is 1.54 bits per heavy atom. The van der Waals surface area contributed by atoms with Gasteiger partial charge in [0, 0.05) is 12.7 Å². The van der Waals surface area contributed by atoms with E-state index in [1.807, 2.05) is 0 Å². The Bertz CT molecular complexity index is 1090. The van der Waals surface area contributed by atoms with Crippen LogP contribution < -0.4 is 10.0 Å². The Kier molecular flexibility index (Phi) is 5.65. The molecule has 0 saturated carbocycles. The standard InChI is InChI=1S/C19H15F2N3O3S/c20-14-3-1-13(2-4-14)12-23-19(25)18-11-16(9-10-22-18)24-28(26,27)17-7-5-15(21)6-8-17/h1-11H,12H2,(H,22,24)(H,23,25). The lowest BCUT2D eigenvalue weighted by Crippen LogP contribution is -2.24. The minimum absolute atomic E-state index is 0.00131. The number of rotatable bonds is 6. The first-order valence-corrected chi connectivity index (χ1v) is 9.59. The zero-order chi connectivity index (χ0) is 20.1. The van der Waals surface area contributed by atoms with E-state index in [2.05, 4.69) is 15.0 Å². The third-order valence-electron chi connectivity index (χ3n) is 3.74. The van der Waals surface area contributed by atoms with Gasteiger partial charge < -0.3 is 5.32 Å². The van der Waals surface area contributed by atoms with Crippen LogP contribution in [0.5, 0.6) is 0 Å². The summed E-state index contributed by atoms with van der Waals surface area (Å²) in [6.45, 7) is 0.159. The smallest absolute Gasteiger partial charge is 0.270 e. The highest BCUT2D eigenvalue weighted by Gasteiger charge is 2.15. The zero-order valence-electron chi connectivity index (χ0n) is 14.4. The average Bonchev–Trinajstić information content (AvgIpc) is 2.67. The van der Waals surface area contributed by atoms with Crippen molar-refractivity contribution in [3.63, 3.8) is 0 Å². The molecule has 0 aliphatic rings. The second-order valence-electron chi connectivity index (χ2n) is 5.80. The van der Waals surface area contributed by atoms with Crippen LogP contribution in [0.2, 0.25) is 0 Å². The third kappa shape index (κ3) is 4.89. The van der Waals surface area contributed by atoms with Gasteiger partial charge in [0.15, 0.2) is 0 Å². The molecule has 0 saturated heterocycles. The topological polar surface area (TPSA) is 88.2 Å². The Morgan fingerprint density at radius 1 is 0.929 bits per heavy atom. The van der Waals surface area contributed by atoms with Gasteiger partial charge >= 0.3 is 0 Å². The van der Waals surface area contributed by atoms with Crippen molar-refractivity contribution < 1.29 is 22.0 Å². The molecule has 0 fully saturated rings. The average molecular weight is 403 g/mol. The predicted molar refractivity (Wildman–Crippen MR) is 99.0 cm³/mol. The number of hydrogen-bond acceptors (Lipinski definition) is 4. The molecule has 144 valence electrons. The summed E-state index contributed by atoms with van der Waals surface area (Å²) in [4.78, 5) is 16.0. The molecule has 3 rings (SSSR count). The molecular formula is C19H15F2N3O3S. The number of hydrogen-bond donors (Lipinski definition) is 2. The highest BCUT2D eigenvalue weighted by atomic mass is 32.2. The second-order valence-corrected chi connectivity index (χ2v) is 7.48. The number of amides is 1. The Hall–Kier alpha value is -3.33. The molecule has 2 aromatic carbocycles. The van der Waals surface area contributed by atoms with Gasteiger partial charge in [-0.3, -0.25) is 14.5 Å². The number of aromatic nitrogens is 1. The van der Waals surface area contributed by atoms with Gasteiger partial charge in [-0.2, -0.15) is 0 Å². The SMILES string of the molecule is O=C(NCc1ccc(F)cc1)c1cc(NS(=O)(=O)c2ccc(F)cc2)ccn1. The summed E-state index contributed by atoms with van der Waals surface area (Å²) in [7, 11) is -3.94. The first-order valence-electron chi connectivity index (χ1n) is 8.10. The van der Waals surface area contributed by atoms with Crippen LogP contribution in [0.1, 0.15) is 16.1 Å². The van der Waals surface area contributed by atoms with Gasteiger partial charge in [-0.1, -0.05) is 12.1 Å². The van der Waals surface area contributed by atoms with Crippen molar-refractivity contribution in [2.75, 3.05) is 4.72 Å². The van der Waals surface area contributed by atoms with Crippen molar-refractivity contribution in [3.05, 3.63) is 89.8 Å². The molecule has 9 heteroatoms. The predicted octanol–water partition coefficient (Wildman–Crippen LogP) is 3.09. The molecule has 1 aromatic heterocycles. The van der Waals surface area contributed by atoms with Crippen molar-refractivity contribution in [2.24, 2.45) is 0 Å². The lowest BCUT2D eigenvalue weighted by atomic mass is 10.2. The molecule has 0 aliphatic heterocycles. The molecule has 6 nitrogen and oxygen atoms in total. The summed E-state index contributed by atoms with van der Waals surface area (Å²) in [6, 6.07) is 12.6. The first kappa shape index (κ1) is 19.4. The molecular weight excluding hydrogens is 388 g/mol. The minimum Gasteiger partial charge on any atom is -0.347 e. The summed E-state index contributed by atoms with van der Waals surface area (Å²) < 4.78 is 52.9. The molecule has 0 unspecified atom stereocenters. The van der Waals surface area contributed by atoms with Crippen molar-refractivity contribution in [2.45, 2.75) is 11.4 Å². The molecule has 0 radical (unpaired) electrons. The quantitative estimate of drug-likeness (QED) is 0.662. The normalized spacial score (nSPS) is 11.1.